The van der Waals surface area contributed by atoms with Crippen LogP contribution in [0, 0.1) is 11.8 Å². The maximum atomic E-state index is 11.5. The van der Waals surface area contributed by atoms with Gasteiger partial charge in [0.05, 0.1) is 6.04 Å². The molecular formula is C20H22N2O. The fourth-order valence-corrected chi connectivity index (χ4v) is 5.17. The second kappa shape index (κ2) is 5.07. The predicted octanol–water partition coefficient (Wildman–Crippen LogP) is 3.62. The highest BCUT2D eigenvalue weighted by Gasteiger charge is 2.41. The summed E-state index contributed by atoms with van der Waals surface area (Å²) in [6.07, 6.45) is 7.84. The van der Waals surface area contributed by atoms with E-state index in [4.69, 9.17) is 0 Å². The summed E-state index contributed by atoms with van der Waals surface area (Å²) in [5.74, 6) is 1.13. The monoisotopic (exact) mass is 306 g/mol. The summed E-state index contributed by atoms with van der Waals surface area (Å²) in [5, 5.41) is 1.39. The smallest absolute Gasteiger partial charge is 0.145 e. The summed E-state index contributed by atoms with van der Waals surface area (Å²) in [5.41, 5.74) is 5.24. The molecule has 5 rings (SSSR count). The van der Waals surface area contributed by atoms with Crippen molar-refractivity contribution in [1.29, 1.82) is 0 Å². The molecule has 0 amide bonds. The molecule has 1 N–H and O–H groups in total. The molecule has 0 spiro atoms. The molecule has 1 aliphatic carbocycles. The van der Waals surface area contributed by atoms with E-state index in [1.807, 2.05) is 0 Å². The number of aldehydes is 1. The molecule has 2 aliphatic heterocycles. The first-order valence-electron chi connectivity index (χ1n) is 8.84. The summed E-state index contributed by atoms with van der Waals surface area (Å²) in [4.78, 5) is 17.8. The lowest BCUT2D eigenvalue weighted by Crippen LogP contribution is -2.47. The molecule has 0 bridgehead atoms. The summed E-state index contributed by atoms with van der Waals surface area (Å²) >= 11 is 0. The Morgan fingerprint density at radius 3 is 3.09 bits per heavy atom. The van der Waals surface area contributed by atoms with E-state index in [1.54, 1.807) is 0 Å². The van der Waals surface area contributed by atoms with Gasteiger partial charge in [-0.2, -0.15) is 0 Å². The van der Waals surface area contributed by atoms with Gasteiger partial charge < -0.3 is 4.98 Å². The number of benzene rings is 1. The van der Waals surface area contributed by atoms with Crippen LogP contribution in [0.1, 0.15) is 36.6 Å². The minimum atomic E-state index is 0.453. The van der Waals surface area contributed by atoms with Crippen LogP contribution < -0.4 is 0 Å². The highest BCUT2D eigenvalue weighted by molar-refractivity contribution is 5.85. The molecule has 1 aromatic carbocycles. The number of aromatic nitrogens is 1. The molecule has 3 aliphatic rings. The molecule has 3 heteroatoms. The van der Waals surface area contributed by atoms with Gasteiger partial charge in [-0.25, -0.2) is 0 Å². The van der Waals surface area contributed by atoms with Gasteiger partial charge in [-0.1, -0.05) is 24.3 Å². The van der Waals surface area contributed by atoms with Crippen molar-refractivity contribution in [3.8, 4) is 0 Å². The lowest BCUT2D eigenvalue weighted by Gasteiger charge is -2.47. The average molecular weight is 306 g/mol. The quantitative estimate of drug-likeness (QED) is 0.817. The van der Waals surface area contributed by atoms with Crippen molar-refractivity contribution in [1.82, 2.24) is 9.88 Å². The Kier molecular flexibility index (Phi) is 2.99. The van der Waals surface area contributed by atoms with Gasteiger partial charge in [0.15, 0.2) is 0 Å². The van der Waals surface area contributed by atoms with E-state index < -0.39 is 0 Å². The maximum Gasteiger partial charge on any atom is 0.145 e. The number of hydrogen-bond acceptors (Lipinski definition) is 2. The van der Waals surface area contributed by atoms with Crippen LogP contribution >= 0.6 is 0 Å². The van der Waals surface area contributed by atoms with Crippen LogP contribution in [0.2, 0.25) is 0 Å². The van der Waals surface area contributed by atoms with Crippen LogP contribution in [0.4, 0.5) is 0 Å². The summed E-state index contributed by atoms with van der Waals surface area (Å²) in [7, 11) is 0. The average Bonchev–Trinajstić information content (AvgIpc) is 2.98. The number of carbonyl (C=O) groups is 1. The fraction of sp³-hybridized carbons (Fsp3) is 0.450. The number of H-pyrrole nitrogens is 1. The van der Waals surface area contributed by atoms with Gasteiger partial charge in [-0.15, -0.1) is 0 Å². The molecule has 0 unspecified atom stereocenters. The van der Waals surface area contributed by atoms with E-state index in [0.29, 0.717) is 17.9 Å². The number of carbonyl (C=O) groups excluding carboxylic acids is 1. The third-order valence-electron chi connectivity index (χ3n) is 6.27. The Hall–Kier alpha value is -1.87. The molecule has 1 fully saturated rings. The van der Waals surface area contributed by atoms with Gasteiger partial charge in [0.2, 0.25) is 0 Å². The molecule has 1 aromatic heterocycles. The topological polar surface area (TPSA) is 36.1 Å². The Morgan fingerprint density at radius 2 is 2.17 bits per heavy atom. The van der Waals surface area contributed by atoms with Crippen LogP contribution in [0.5, 0.6) is 0 Å². The molecule has 118 valence electrons. The molecule has 3 heterocycles. The van der Waals surface area contributed by atoms with E-state index in [1.165, 1.54) is 28.6 Å². The minimum absolute atomic E-state index is 0.453. The van der Waals surface area contributed by atoms with E-state index in [9.17, 15) is 4.79 Å². The maximum absolute atomic E-state index is 11.5. The first-order chi connectivity index (χ1) is 11.3. The van der Waals surface area contributed by atoms with Crippen molar-refractivity contribution in [3.05, 3.63) is 47.2 Å². The van der Waals surface area contributed by atoms with Crippen LogP contribution in [-0.2, 0) is 11.2 Å². The van der Waals surface area contributed by atoms with E-state index in [-0.39, 0.29) is 0 Å². The normalized spacial score (nSPS) is 30.3. The number of hydrogen-bond donors (Lipinski definition) is 1. The van der Waals surface area contributed by atoms with Crippen LogP contribution in [0.25, 0.3) is 10.9 Å². The second-order valence-corrected chi connectivity index (χ2v) is 7.33. The van der Waals surface area contributed by atoms with E-state index in [0.717, 1.165) is 44.2 Å². The largest absolute Gasteiger partial charge is 0.357 e. The van der Waals surface area contributed by atoms with Crippen molar-refractivity contribution < 1.29 is 4.79 Å². The Balaban J connectivity index is 1.57. The van der Waals surface area contributed by atoms with Crippen molar-refractivity contribution >= 4 is 17.2 Å². The lowest BCUT2D eigenvalue weighted by molar-refractivity contribution is -0.106. The zero-order chi connectivity index (χ0) is 15.4. The zero-order valence-corrected chi connectivity index (χ0v) is 13.3. The van der Waals surface area contributed by atoms with E-state index in [2.05, 4.69) is 40.2 Å². The van der Waals surface area contributed by atoms with Gasteiger partial charge in [0.25, 0.3) is 0 Å². The number of para-hydroxylation sites is 1. The van der Waals surface area contributed by atoms with Crippen LogP contribution in [0.15, 0.2) is 35.9 Å². The molecule has 2 aromatic rings. The number of rotatable bonds is 1. The molecule has 0 saturated carbocycles. The van der Waals surface area contributed by atoms with Crippen LogP contribution in [0.3, 0.4) is 0 Å². The second-order valence-electron chi connectivity index (χ2n) is 7.33. The summed E-state index contributed by atoms with van der Waals surface area (Å²) in [6.45, 7) is 2.30. The summed E-state index contributed by atoms with van der Waals surface area (Å²) in [6, 6.07) is 9.11. The molecule has 3 atom stereocenters. The van der Waals surface area contributed by atoms with Gasteiger partial charge in [0.1, 0.15) is 6.29 Å². The van der Waals surface area contributed by atoms with Crippen molar-refractivity contribution in [2.24, 2.45) is 11.8 Å². The fourth-order valence-electron chi connectivity index (χ4n) is 5.17. The lowest BCUT2D eigenvalue weighted by atomic mass is 9.71. The SMILES string of the molecule is O=CC1=CCC[C@H]2CN3CCc4c([nH]c5ccccc45)[C@@H]3C[C@H]12. The number of allylic oxidation sites excluding steroid dienone is 2. The third kappa shape index (κ3) is 1.96. The van der Waals surface area contributed by atoms with Crippen molar-refractivity contribution in [2.75, 3.05) is 13.1 Å². The first-order valence-corrected chi connectivity index (χ1v) is 8.84. The molecule has 23 heavy (non-hydrogen) atoms. The standard InChI is InChI=1S/C20H22N2O/c23-12-14-5-3-4-13-11-22-9-8-16-15-6-1-2-7-18(15)21-20(16)19(22)10-17(13)14/h1-2,5-7,12-13,17,19,21H,3-4,8-11H2/t13-,17-,19-/m0/s1. The Bertz CT molecular complexity index is 803. The van der Waals surface area contributed by atoms with Crippen molar-refractivity contribution in [2.45, 2.75) is 31.7 Å². The summed E-state index contributed by atoms with van der Waals surface area (Å²) < 4.78 is 0. The number of nitrogens with one attached hydrogen (secondary N) is 1. The van der Waals surface area contributed by atoms with Gasteiger partial charge in [-0.3, -0.25) is 9.69 Å². The zero-order valence-electron chi connectivity index (χ0n) is 13.3. The highest BCUT2D eigenvalue weighted by Crippen LogP contribution is 2.47. The minimum Gasteiger partial charge on any atom is -0.357 e. The third-order valence-corrected chi connectivity index (χ3v) is 6.27. The Morgan fingerprint density at radius 1 is 1.26 bits per heavy atom. The predicted molar refractivity (Wildman–Crippen MR) is 91.3 cm³/mol. The van der Waals surface area contributed by atoms with Crippen LogP contribution in [-0.4, -0.2) is 29.3 Å². The number of fused-ring (bicyclic) bond motifs is 6. The Labute approximate surface area is 136 Å². The number of nitrogens with zero attached hydrogens (tertiary/aromatic N) is 1. The van der Waals surface area contributed by atoms with Gasteiger partial charge >= 0.3 is 0 Å². The van der Waals surface area contributed by atoms with Crippen molar-refractivity contribution in [3.63, 3.8) is 0 Å². The number of aromatic amines is 1. The molecule has 3 nitrogen and oxygen atoms in total. The van der Waals surface area contributed by atoms with E-state index >= 15 is 0 Å². The number of piperidine rings is 1. The first kappa shape index (κ1) is 13.6. The molecule has 1 saturated heterocycles. The highest BCUT2D eigenvalue weighted by atomic mass is 16.1. The van der Waals surface area contributed by atoms with Gasteiger partial charge in [-0.05, 0) is 54.7 Å². The van der Waals surface area contributed by atoms with Gasteiger partial charge in [0, 0.05) is 29.7 Å². The molecular weight excluding hydrogens is 284 g/mol. The molecule has 0 radical (unpaired) electrons.